The predicted molar refractivity (Wildman–Crippen MR) is 133 cm³/mol. The molecular formula is C24H33IN4O. The molecule has 1 saturated carbocycles. The van der Waals surface area contributed by atoms with Gasteiger partial charge in [0.05, 0.1) is 6.04 Å². The number of aliphatic imine (C=N–C) groups is 1. The first-order valence-electron chi connectivity index (χ1n) is 10.9. The highest BCUT2D eigenvalue weighted by Gasteiger charge is 2.43. The second kappa shape index (κ2) is 10.5. The zero-order valence-electron chi connectivity index (χ0n) is 18.0. The third-order valence-electron chi connectivity index (χ3n) is 6.15. The van der Waals surface area contributed by atoms with Crippen molar-refractivity contribution in [2.24, 2.45) is 4.99 Å². The van der Waals surface area contributed by atoms with Crippen molar-refractivity contribution in [3.05, 3.63) is 59.4 Å². The van der Waals surface area contributed by atoms with E-state index in [9.17, 15) is 0 Å². The average molecular weight is 520 g/mol. The fourth-order valence-electron chi connectivity index (χ4n) is 4.63. The third-order valence-corrected chi connectivity index (χ3v) is 6.15. The van der Waals surface area contributed by atoms with E-state index in [0.29, 0.717) is 0 Å². The lowest BCUT2D eigenvalue weighted by Gasteiger charge is -2.40. The number of benzene rings is 1. The number of halogens is 1. The lowest BCUT2D eigenvalue weighted by atomic mass is 9.86. The molecule has 2 aliphatic rings. The molecule has 1 atom stereocenters. The number of hydrogen-bond acceptors (Lipinski definition) is 3. The van der Waals surface area contributed by atoms with Crippen LogP contribution >= 0.6 is 24.0 Å². The lowest BCUT2D eigenvalue weighted by Crippen LogP contribution is -2.46. The highest BCUT2D eigenvalue weighted by molar-refractivity contribution is 14.0. The molecule has 0 bridgehead atoms. The molecule has 1 unspecified atom stereocenters. The van der Waals surface area contributed by atoms with Crippen LogP contribution in [0.1, 0.15) is 61.8 Å². The number of ether oxygens (including phenoxy) is 1. The Labute approximate surface area is 197 Å². The van der Waals surface area contributed by atoms with Crippen LogP contribution in [-0.2, 0) is 6.42 Å². The summed E-state index contributed by atoms with van der Waals surface area (Å²) >= 11 is 0. The third kappa shape index (κ3) is 5.25. The van der Waals surface area contributed by atoms with Crippen LogP contribution in [0, 0.1) is 6.92 Å². The number of pyridine rings is 1. The second-order valence-corrected chi connectivity index (χ2v) is 8.24. The number of guanidine groups is 1. The van der Waals surface area contributed by atoms with Crippen LogP contribution in [0.4, 0.5) is 0 Å². The molecule has 6 heteroatoms. The molecule has 0 radical (unpaired) electrons. The molecule has 4 rings (SSSR count). The van der Waals surface area contributed by atoms with E-state index in [1.807, 2.05) is 12.4 Å². The first kappa shape index (κ1) is 22.8. The van der Waals surface area contributed by atoms with Crippen molar-refractivity contribution >= 4 is 29.9 Å². The maximum atomic E-state index is 6.50. The van der Waals surface area contributed by atoms with Gasteiger partial charge < -0.3 is 15.4 Å². The van der Waals surface area contributed by atoms with E-state index in [4.69, 9.17) is 9.73 Å². The van der Waals surface area contributed by atoms with Gasteiger partial charge in [0.1, 0.15) is 11.4 Å². The molecule has 1 aliphatic heterocycles. The number of nitrogens with zero attached hydrogens (tertiary/aromatic N) is 2. The second-order valence-electron chi connectivity index (χ2n) is 8.24. The molecule has 2 heterocycles. The zero-order chi connectivity index (χ0) is 20.1. The van der Waals surface area contributed by atoms with Gasteiger partial charge in [0.25, 0.3) is 0 Å². The van der Waals surface area contributed by atoms with Crippen molar-refractivity contribution in [1.82, 2.24) is 15.6 Å². The highest BCUT2D eigenvalue weighted by atomic mass is 127. The van der Waals surface area contributed by atoms with Gasteiger partial charge >= 0.3 is 0 Å². The number of aromatic nitrogens is 1. The van der Waals surface area contributed by atoms with Gasteiger partial charge in [-0.25, -0.2) is 0 Å². The monoisotopic (exact) mass is 520 g/mol. The SMILES string of the molecule is CCNC(=NCCc1ccncc1C)NC1CC2(CCCC2)Oc2ccccc21.I. The number of hydrogen-bond donors (Lipinski definition) is 2. The Hall–Kier alpha value is -1.83. The van der Waals surface area contributed by atoms with Crippen LogP contribution in [0.5, 0.6) is 5.75 Å². The van der Waals surface area contributed by atoms with E-state index in [1.54, 1.807) is 0 Å². The maximum absolute atomic E-state index is 6.50. The summed E-state index contributed by atoms with van der Waals surface area (Å²) in [6, 6.07) is 10.8. The summed E-state index contributed by atoms with van der Waals surface area (Å²) in [4.78, 5) is 9.04. The summed E-state index contributed by atoms with van der Waals surface area (Å²) in [5.74, 6) is 1.91. The van der Waals surface area contributed by atoms with E-state index in [2.05, 4.69) is 59.8 Å². The van der Waals surface area contributed by atoms with Crippen LogP contribution < -0.4 is 15.4 Å². The Bertz CT molecular complexity index is 864. The number of para-hydroxylation sites is 1. The van der Waals surface area contributed by atoms with E-state index in [-0.39, 0.29) is 35.6 Å². The van der Waals surface area contributed by atoms with Crippen LogP contribution in [0.25, 0.3) is 0 Å². The molecule has 1 aromatic heterocycles. The van der Waals surface area contributed by atoms with Gasteiger partial charge in [-0.15, -0.1) is 24.0 Å². The maximum Gasteiger partial charge on any atom is 0.191 e. The van der Waals surface area contributed by atoms with Crippen molar-refractivity contribution in [3.8, 4) is 5.75 Å². The molecule has 1 spiro atoms. The van der Waals surface area contributed by atoms with Crippen molar-refractivity contribution in [2.45, 2.75) is 64.0 Å². The Morgan fingerprint density at radius 2 is 2.03 bits per heavy atom. The van der Waals surface area contributed by atoms with Crippen molar-refractivity contribution < 1.29 is 4.74 Å². The molecule has 0 saturated heterocycles. The van der Waals surface area contributed by atoms with Gasteiger partial charge in [-0.05, 0) is 69.2 Å². The summed E-state index contributed by atoms with van der Waals surface area (Å²) in [6.45, 7) is 5.81. The van der Waals surface area contributed by atoms with Gasteiger partial charge in [-0.3, -0.25) is 9.98 Å². The quantitative estimate of drug-likeness (QED) is 0.333. The Morgan fingerprint density at radius 3 is 2.80 bits per heavy atom. The standard InChI is InChI=1S/C24H32N4O.HI/c1-3-26-23(27-15-11-19-10-14-25-17-18(19)2)28-21-16-24(12-6-7-13-24)29-22-9-5-4-8-20(21)22;/h4-5,8-10,14,17,21H,3,6-7,11-13,15-16H2,1-2H3,(H2,26,27,28);1H. The van der Waals surface area contributed by atoms with Gasteiger partial charge in [0.2, 0.25) is 0 Å². The number of aryl methyl sites for hydroxylation is 1. The molecule has 1 aliphatic carbocycles. The predicted octanol–water partition coefficient (Wildman–Crippen LogP) is 4.94. The first-order valence-corrected chi connectivity index (χ1v) is 10.9. The van der Waals surface area contributed by atoms with Crippen LogP contribution in [0.2, 0.25) is 0 Å². The highest BCUT2D eigenvalue weighted by Crippen LogP contribution is 2.46. The molecule has 30 heavy (non-hydrogen) atoms. The fraction of sp³-hybridized carbons (Fsp3) is 0.500. The largest absolute Gasteiger partial charge is 0.487 e. The fourth-order valence-corrected chi connectivity index (χ4v) is 4.63. The van der Waals surface area contributed by atoms with E-state index >= 15 is 0 Å². The molecule has 1 aromatic carbocycles. The molecule has 1 fully saturated rings. The first-order chi connectivity index (χ1) is 14.2. The Morgan fingerprint density at radius 1 is 1.23 bits per heavy atom. The van der Waals surface area contributed by atoms with E-state index in [1.165, 1.54) is 29.5 Å². The van der Waals surface area contributed by atoms with Crippen molar-refractivity contribution in [3.63, 3.8) is 0 Å². The topological polar surface area (TPSA) is 58.5 Å². The van der Waals surface area contributed by atoms with Gasteiger partial charge in [-0.1, -0.05) is 18.2 Å². The zero-order valence-corrected chi connectivity index (χ0v) is 20.3. The molecule has 2 aromatic rings. The number of nitrogens with one attached hydrogen (secondary N) is 2. The lowest BCUT2D eigenvalue weighted by molar-refractivity contribution is 0.0396. The molecular weight excluding hydrogens is 487 g/mol. The number of rotatable bonds is 5. The van der Waals surface area contributed by atoms with Crippen LogP contribution in [0.15, 0.2) is 47.7 Å². The Balaban J connectivity index is 0.00000256. The van der Waals surface area contributed by atoms with Gasteiger partial charge in [-0.2, -0.15) is 0 Å². The van der Waals surface area contributed by atoms with Crippen molar-refractivity contribution in [1.29, 1.82) is 0 Å². The van der Waals surface area contributed by atoms with E-state index < -0.39 is 0 Å². The summed E-state index contributed by atoms with van der Waals surface area (Å²) in [7, 11) is 0. The molecule has 2 N–H and O–H groups in total. The minimum absolute atomic E-state index is 0. The number of fused-ring (bicyclic) bond motifs is 1. The molecule has 5 nitrogen and oxygen atoms in total. The summed E-state index contributed by atoms with van der Waals surface area (Å²) in [5, 5.41) is 7.14. The minimum atomic E-state index is -0.0164. The van der Waals surface area contributed by atoms with Gasteiger partial charge in [0, 0.05) is 37.5 Å². The average Bonchev–Trinajstić information content (AvgIpc) is 3.17. The Kier molecular flexibility index (Phi) is 7.97. The minimum Gasteiger partial charge on any atom is -0.487 e. The summed E-state index contributed by atoms with van der Waals surface area (Å²) in [6.07, 6.45) is 10.5. The molecule has 162 valence electrons. The summed E-state index contributed by atoms with van der Waals surface area (Å²) in [5.41, 5.74) is 3.75. The van der Waals surface area contributed by atoms with E-state index in [0.717, 1.165) is 50.5 Å². The van der Waals surface area contributed by atoms with Crippen molar-refractivity contribution in [2.75, 3.05) is 13.1 Å². The van der Waals surface area contributed by atoms with Crippen LogP contribution in [-0.4, -0.2) is 29.6 Å². The summed E-state index contributed by atoms with van der Waals surface area (Å²) < 4.78 is 6.50. The van der Waals surface area contributed by atoms with Gasteiger partial charge in [0.15, 0.2) is 5.96 Å². The smallest absolute Gasteiger partial charge is 0.191 e. The molecule has 0 amide bonds. The normalized spacial score (nSPS) is 19.5. The van der Waals surface area contributed by atoms with Crippen LogP contribution in [0.3, 0.4) is 0 Å².